The fraction of sp³-hybridized carbons (Fsp3) is 0.923. The highest BCUT2D eigenvalue weighted by Crippen LogP contribution is 2.17. The first kappa shape index (κ1) is 14.3. The van der Waals surface area contributed by atoms with Crippen LogP contribution in [-0.2, 0) is 0 Å². The second-order valence-electron chi connectivity index (χ2n) is 5.87. The predicted octanol–water partition coefficient (Wildman–Crippen LogP) is 1.96. The van der Waals surface area contributed by atoms with Gasteiger partial charge in [-0.1, -0.05) is 19.3 Å². The van der Waals surface area contributed by atoms with Gasteiger partial charge in [-0.25, -0.2) is 4.79 Å². The standard InChI is InChI=1S/C13H27N3O/c1-13(2,16(3)4)10-14-12(17)15-11-8-6-5-7-9-11/h11H,5-10H2,1-4H3,(H2,14,15,17). The molecule has 0 heterocycles. The van der Waals surface area contributed by atoms with Gasteiger partial charge in [0.05, 0.1) is 0 Å². The van der Waals surface area contributed by atoms with E-state index in [4.69, 9.17) is 0 Å². The average molecular weight is 241 g/mol. The van der Waals surface area contributed by atoms with E-state index in [-0.39, 0.29) is 11.6 Å². The average Bonchev–Trinajstić information content (AvgIpc) is 2.28. The number of hydrogen-bond donors (Lipinski definition) is 2. The van der Waals surface area contributed by atoms with E-state index in [0.29, 0.717) is 12.6 Å². The van der Waals surface area contributed by atoms with Gasteiger partial charge in [0.2, 0.25) is 0 Å². The quantitative estimate of drug-likeness (QED) is 0.790. The molecule has 0 atom stereocenters. The minimum absolute atomic E-state index is 0.0100. The fourth-order valence-corrected chi connectivity index (χ4v) is 1.94. The zero-order valence-corrected chi connectivity index (χ0v) is 11.7. The van der Waals surface area contributed by atoms with Crippen LogP contribution in [0.1, 0.15) is 46.0 Å². The van der Waals surface area contributed by atoms with Gasteiger partial charge in [-0.15, -0.1) is 0 Å². The molecule has 0 unspecified atom stereocenters. The molecular formula is C13H27N3O. The van der Waals surface area contributed by atoms with Crippen molar-refractivity contribution in [2.75, 3.05) is 20.6 Å². The van der Waals surface area contributed by atoms with Crippen LogP contribution in [0.15, 0.2) is 0 Å². The molecule has 100 valence electrons. The molecule has 0 bridgehead atoms. The maximum Gasteiger partial charge on any atom is 0.315 e. The molecule has 1 saturated carbocycles. The lowest BCUT2D eigenvalue weighted by Gasteiger charge is -2.33. The summed E-state index contributed by atoms with van der Waals surface area (Å²) in [6, 6.07) is 0.359. The molecule has 1 rings (SSSR count). The van der Waals surface area contributed by atoms with Crippen LogP contribution in [0.4, 0.5) is 4.79 Å². The van der Waals surface area contributed by atoms with Crippen LogP contribution in [0.2, 0.25) is 0 Å². The number of likely N-dealkylation sites (N-methyl/N-ethyl adjacent to an activating group) is 1. The molecule has 0 saturated heterocycles. The summed E-state index contributed by atoms with van der Waals surface area (Å²) >= 11 is 0. The van der Waals surface area contributed by atoms with Gasteiger partial charge in [-0.05, 0) is 40.8 Å². The number of amides is 2. The molecule has 2 N–H and O–H groups in total. The SMILES string of the molecule is CN(C)C(C)(C)CNC(=O)NC1CCCCC1. The Morgan fingerprint density at radius 2 is 1.82 bits per heavy atom. The van der Waals surface area contributed by atoms with Crippen molar-refractivity contribution < 1.29 is 4.79 Å². The van der Waals surface area contributed by atoms with Gasteiger partial charge in [0.1, 0.15) is 0 Å². The molecule has 1 aliphatic rings. The van der Waals surface area contributed by atoms with Crippen molar-refractivity contribution >= 4 is 6.03 Å². The molecule has 0 aromatic heterocycles. The van der Waals surface area contributed by atoms with E-state index in [1.165, 1.54) is 19.3 Å². The smallest absolute Gasteiger partial charge is 0.315 e. The topological polar surface area (TPSA) is 44.4 Å². The molecule has 0 aromatic rings. The highest BCUT2D eigenvalue weighted by Gasteiger charge is 2.22. The van der Waals surface area contributed by atoms with Gasteiger partial charge in [0.25, 0.3) is 0 Å². The summed E-state index contributed by atoms with van der Waals surface area (Å²) in [5, 5.41) is 6.02. The number of carbonyl (C=O) groups is 1. The fourth-order valence-electron chi connectivity index (χ4n) is 1.94. The first-order chi connectivity index (χ1) is 7.92. The predicted molar refractivity (Wildman–Crippen MR) is 71.2 cm³/mol. The summed E-state index contributed by atoms with van der Waals surface area (Å²) in [5.74, 6) is 0. The molecule has 0 radical (unpaired) electrons. The molecular weight excluding hydrogens is 214 g/mol. The van der Waals surface area contributed by atoms with Crippen molar-refractivity contribution in [1.29, 1.82) is 0 Å². The van der Waals surface area contributed by atoms with E-state index in [1.54, 1.807) is 0 Å². The molecule has 0 spiro atoms. The van der Waals surface area contributed by atoms with Crippen LogP contribution in [-0.4, -0.2) is 43.2 Å². The van der Waals surface area contributed by atoms with E-state index in [1.807, 2.05) is 14.1 Å². The second kappa shape index (κ2) is 6.24. The third-order valence-corrected chi connectivity index (χ3v) is 3.83. The number of nitrogens with zero attached hydrogens (tertiary/aromatic N) is 1. The van der Waals surface area contributed by atoms with Crippen molar-refractivity contribution in [2.24, 2.45) is 0 Å². The second-order valence-corrected chi connectivity index (χ2v) is 5.87. The molecule has 1 fully saturated rings. The van der Waals surface area contributed by atoms with Crippen LogP contribution >= 0.6 is 0 Å². The Morgan fingerprint density at radius 3 is 2.35 bits per heavy atom. The Bertz CT molecular complexity index is 245. The molecule has 1 aliphatic carbocycles. The molecule has 17 heavy (non-hydrogen) atoms. The molecule has 0 aliphatic heterocycles. The largest absolute Gasteiger partial charge is 0.336 e. The van der Waals surface area contributed by atoms with Gasteiger partial charge in [-0.2, -0.15) is 0 Å². The van der Waals surface area contributed by atoms with Crippen molar-refractivity contribution in [3.63, 3.8) is 0 Å². The van der Waals surface area contributed by atoms with Gasteiger partial charge in [0, 0.05) is 18.1 Å². The van der Waals surface area contributed by atoms with E-state index in [2.05, 4.69) is 29.4 Å². The summed E-state index contributed by atoms with van der Waals surface area (Å²) < 4.78 is 0. The first-order valence-corrected chi connectivity index (χ1v) is 6.63. The van der Waals surface area contributed by atoms with E-state index in [9.17, 15) is 4.79 Å². The Kier molecular flexibility index (Phi) is 5.25. The highest BCUT2D eigenvalue weighted by molar-refractivity contribution is 5.74. The summed E-state index contributed by atoms with van der Waals surface area (Å²) in [6.45, 7) is 4.90. The van der Waals surface area contributed by atoms with Gasteiger partial charge in [0.15, 0.2) is 0 Å². The van der Waals surface area contributed by atoms with Crippen LogP contribution in [0, 0.1) is 0 Å². The van der Waals surface area contributed by atoms with Crippen molar-refractivity contribution in [1.82, 2.24) is 15.5 Å². The monoisotopic (exact) mass is 241 g/mol. The van der Waals surface area contributed by atoms with Crippen molar-refractivity contribution in [3.05, 3.63) is 0 Å². The van der Waals surface area contributed by atoms with E-state index < -0.39 is 0 Å². The van der Waals surface area contributed by atoms with Gasteiger partial charge >= 0.3 is 6.03 Å². The zero-order valence-electron chi connectivity index (χ0n) is 11.7. The van der Waals surface area contributed by atoms with Crippen molar-refractivity contribution in [2.45, 2.75) is 57.5 Å². The van der Waals surface area contributed by atoms with Crippen LogP contribution in [0.5, 0.6) is 0 Å². The molecule has 4 nitrogen and oxygen atoms in total. The zero-order chi connectivity index (χ0) is 12.9. The number of urea groups is 1. The Hall–Kier alpha value is -0.770. The highest BCUT2D eigenvalue weighted by atomic mass is 16.2. The third kappa shape index (κ3) is 4.94. The van der Waals surface area contributed by atoms with Crippen molar-refractivity contribution in [3.8, 4) is 0 Å². The van der Waals surface area contributed by atoms with Gasteiger partial charge < -0.3 is 15.5 Å². The minimum atomic E-state index is -0.0215. The summed E-state index contributed by atoms with van der Waals surface area (Å²) in [4.78, 5) is 13.9. The Labute approximate surface area is 105 Å². The maximum atomic E-state index is 11.7. The van der Waals surface area contributed by atoms with Gasteiger partial charge in [-0.3, -0.25) is 0 Å². The molecule has 4 heteroatoms. The summed E-state index contributed by atoms with van der Waals surface area (Å²) in [6.07, 6.45) is 6.06. The molecule has 2 amide bonds. The lowest BCUT2D eigenvalue weighted by Crippen LogP contribution is -2.51. The lowest BCUT2D eigenvalue weighted by molar-refractivity contribution is 0.184. The summed E-state index contributed by atoms with van der Waals surface area (Å²) in [7, 11) is 4.06. The minimum Gasteiger partial charge on any atom is -0.336 e. The number of nitrogens with one attached hydrogen (secondary N) is 2. The Morgan fingerprint density at radius 1 is 1.24 bits per heavy atom. The van der Waals surface area contributed by atoms with Crippen LogP contribution in [0.25, 0.3) is 0 Å². The Balaban J connectivity index is 2.25. The number of carbonyl (C=O) groups excluding carboxylic acids is 1. The maximum absolute atomic E-state index is 11.7. The first-order valence-electron chi connectivity index (χ1n) is 6.63. The molecule has 0 aromatic carbocycles. The number of rotatable bonds is 4. The van der Waals surface area contributed by atoms with E-state index in [0.717, 1.165) is 12.8 Å². The van der Waals surface area contributed by atoms with Crippen LogP contribution < -0.4 is 10.6 Å². The third-order valence-electron chi connectivity index (χ3n) is 3.83. The number of hydrogen-bond acceptors (Lipinski definition) is 2. The van der Waals surface area contributed by atoms with Crippen LogP contribution in [0.3, 0.4) is 0 Å². The lowest BCUT2D eigenvalue weighted by atomic mass is 9.96. The summed E-state index contributed by atoms with van der Waals surface area (Å²) in [5.41, 5.74) is -0.0100. The van der Waals surface area contributed by atoms with E-state index >= 15 is 0 Å². The normalized spacial score (nSPS) is 18.2.